The first-order chi connectivity index (χ1) is 16.9. The summed E-state index contributed by atoms with van der Waals surface area (Å²) in [6.45, 7) is 3.05. The van der Waals surface area contributed by atoms with Crippen LogP contribution in [-0.4, -0.2) is 59.1 Å². The van der Waals surface area contributed by atoms with Gasteiger partial charge in [-0.05, 0) is 72.9 Å². The van der Waals surface area contributed by atoms with E-state index in [0.29, 0.717) is 41.7 Å². The molecule has 2 aliphatic heterocycles. The largest absolute Gasteiger partial charge is 0.366 e. The van der Waals surface area contributed by atoms with Gasteiger partial charge in [0.25, 0.3) is 5.91 Å². The fourth-order valence-corrected chi connectivity index (χ4v) is 4.96. The Bertz CT molecular complexity index is 1290. The van der Waals surface area contributed by atoms with Crippen molar-refractivity contribution >= 4 is 40.3 Å². The van der Waals surface area contributed by atoms with Gasteiger partial charge in [0.1, 0.15) is 5.82 Å². The Hall–Kier alpha value is -4.18. The molecule has 10 nitrogen and oxygen atoms in total. The highest BCUT2D eigenvalue weighted by atomic mass is 16.5. The summed E-state index contributed by atoms with van der Waals surface area (Å²) in [6.07, 6.45) is 0.972. The van der Waals surface area contributed by atoms with E-state index >= 15 is 0 Å². The Morgan fingerprint density at radius 1 is 0.943 bits per heavy atom. The van der Waals surface area contributed by atoms with Gasteiger partial charge in [0.05, 0.1) is 5.52 Å². The van der Waals surface area contributed by atoms with Crippen LogP contribution >= 0.6 is 0 Å². The summed E-state index contributed by atoms with van der Waals surface area (Å²) in [7, 11) is 0. The number of primary amides is 1. The maximum absolute atomic E-state index is 12.8. The SMILES string of the molecule is NC(=O)c1ccc2nc(N3CCC4CN(C(=O)Nc5ccc(C(=O)NO)cc5)CC4C3)ccc2c1. The standard InChI is InChI=1S/C25H26N6O4/c26-23(32)17-3-7-21-16(11-17)4-8-22(28-21)30-10-9-18-12-31(14-19(18)13-30)25(34)27-20-5-1-15(2-6-20)24(33)29-35/h1-8,11,18-19,35H,9-10,12-14H2,(H2,26,32)(H,27,34)(H,29,33). The van der Waals surface area contributed by atoms with Crippen LogP contribution in [0.2, 0.25) is 0 Å². The average Bonchev–Trinajstić information content (AvgIpc) is 3.32. The number of amides is 4. The number of fused-ring (bicyclic) bond motifs is 2. The number of carbonyl (C=O) groups is 3. The Labute approximate surface area is 201 Å². The normalized spacial score (nSPS) is 19.3. The lowest BCUT2D eigenvalue weighted by Gasteiger charge is -2.35. The molecule has 1 aromatic heterocycles. The Morgan fingerprint density at radius 2 is 1.69 bits per heavy atom. The lowest BCUT2D eigenvalue weighted by atomic mass is 9.89. The van der Waals surface area contributed by atoms with Gasteiger partial charge in [-0.1, -0.05) is 0 Å². The number of pyridine rings is 1. The van der Waals surface area contributed by atoms with Crippen LogP contribution in [0.3, 0.4) is 0 Å². The molecular weight excluding hydrogens is 448 g/mol. The van der Waals surface area contributed by atoms with Gasteiger partial charge in [-0.25, -0.2) is 15.3 Å². The lowest BCUT2D eigenvalue weighted by Crippen LogP contribution is -2.40. The predicted octanol–water partition coefficient (Wildman–Crippen LogP) is 2.44. The van der Waals surface area contributed by atoms with Crippen LogP contribution in [-0.2, 0) is 0 Å². The zero-order valence-electron chi connectivity index (χ0n) is 19.0. The predicted molar refractivity (Wildman–Crippen MR) is 130 cm³/mol. The van der Waals surface area contributed by atoms with E-state index in [0.717, 1.165) is 36.2 Å². The topological polar surface area (TPSA) is 141 Å². The number of nitrogens with two attached hydrogens (primary N) is 1. The molecule has 0 saturated carbocycles. The highest BCUT2D eigenvalue weighted by molar-refractivity contribution is 5.97. The molecule has 2 aromatic carbocycles. The molecule has 0 spiro atoms. The fraction of sp³-hybridized carbons (Fsp3) is 0.280. The van der Waals surface area contributed by atoms with Crippen LogP contribution in [0.15, 0.2) is 54.6 Å². The molecule has 4 amide bonds. The van der Waals surface area contributed by atoms with Gasteiger partial charge in [0.2, 0.25) is 5.91 Å². The van der Waals surface area contributed by atoms with Crippen molar-refractivity contribution in [3.8, 4) is 0 Å². The first-order valence-electron chi connectivity index (χ1n) is 11.5. The number of hydrogen-bond donors (Lipinski definition) is 4. The third-order valence-electron chi connectivity index (χ3n) is 6.87. The first-order valence-corrected chi connectivity index (χ1v) is 11.5. The highest BCUT2D eigenvalue weighted by Gasteiger charge is 2.39. The van der Waals surface area contributed by atoms with Gasteiger partial charge in [-0.2, -0.15) is 0 Å². The number of hydroxylamine groups is 1. The van der Waals surface area contributed by atoms with Gasteiger partial charge in [-0.15, -0.1) is 0 Å². The minimum absolute atomic E-state index is 0.167. The van der Waals surface area contributed by atoms with Crippen molar-refractivity contribution in [2.45, 2.75) is 6.42 Å². The summed E-state index contributed by atoms with van der Waals surface area (Å²) >= 11 is 0. The Balaban J connectivity index is 1.22. The van der Waals surface area contributed by atoms with Crippen molar-refractivity contribution in [2.75, 3.05) is 36.4 Å². The maximum atomic E-state index is 12.8. The van der Waals surface area contributed by atoms with Gasteiger partial charge in [0.15, 0.2) is 0 Å². The summed E-state index contributed by atoms with van der Waals surface area (Å²) in [5.41, 5.74) is 9.12. The van der Waals surface area contributed by atoms with E-state index in [-0.39, 0.29) is 6.03 Å². The molecule has 5 N–H and O–H groups in total. The molecule has 2 fully saturated rings. The molecule has 0 bridgehead atoms. The molecule has 5 rings (SSSR count). The average molecular weight is 475 g/mol. The first kappa shape index (κ1) is 22.6. The van der Waals surface area contributed by atoms with E-state index < -0.39 is 11.8 Å². The van der Waals surface area contributed by atoms with Gasteiger partial charge in [0, 0.05) is 48.4 Å². The second kappa shape index (κ2) is 9.22. The van der Waals surface area contributed by atoms with Crippen molar-refractivity contribution in [3.05, 3.63) is 65.7 Å². The maximum Gasteiger partial charge on any atom is 0.321 e. The molecular formula is C25H26N6O4. The number of urea groups is 1. The van der Waals surface area contributed by atoms with Crippen LogP contribution in [0.4, 0.5) is 16.3 Å². The summed E-state index contributed by atoms with van der Waals surface area (Å²) in [5.74, 6) is 0.607. The molecule has 3 aromatic rings. The van der Waals surface area contributed by atoms with E-state index in [1.807, 2.05) is 23.1 Å². The van der Waals surface area contributed by atoms with E-state index in [2.05, 4.69) is 10.2 Å². The van der Waals surface area contributed by atoms with Crippen LogP contribution in [0.25, 0.3) is 10.9 Å². The Morgan fingerprint density at radius 3 is 2.43 bits per heavy atom. The number of benzene rings is 2. The second-order valence-electron chi connectivity index (χ2n) is 9.05. The van der Waals surface area contributed by atoms with Crippen molar-refractivity contribution in [1.82, 2.24) is 15.4 Å². The summed E-state index contributed by atoms with van der Waals surface area (Å²) < 4.78 is 0. The molecule has 0 aliphatic carbocycles. The number of nitrogens with zero attached hydrogens (tertiary/aromatic N) is 3. The summed E-state index contributed by atoms with van der Waals surface area (Å²) in [4.78, 5) is 44.6. The Kier molecular flexibility index (Phi) is 5.96. The van der Waals surface area contributed by atoms with Crippen LogP contribution in [0.1, 0.15) is 27.1 Å². The van der Waals surface area contributed by atoms with Gasteiger partial charge < -0.3 is 20.9 Å². The smallest absolute Gasteiger partial charge is 0.321 e. The molecule has 35 heavy (non-hydrogen) atoms. The molecule has 180 valence electrons. The summed E-state index contributed by atoms with van der Waals surface area (Å²) in [6, 6.07) is 15.3. The third kappa shape index (κ3) is 4.60. The van der Waals surface area contributed by atoms with Crippen molar-refractivity contribution < 1.29 is 19.6 Å². The molecule has 10 heteroatoms. The molecule has 2 aliphatic rings. The number of piperidine rings is 1. The molecule has 0 radical (unpaired) electrons. The van der Waals surface area contributed by atoms with Crippen LogP contribution in [0, 0.1) is 11.8 Å². The quantitative estimate of drug-likeness (QED) is 0.338. The second-order valence-corrected chi connectivity index (χ2v) is 9.05. The number of nitrogens with one attached hydrogen (secondary N) is 2. The van der Waals surface area contributed by atoms with E-state index in [4.69, 9.17) is 15.9 Å². The van der Waals surface area contributed by atoms with E-state index in [1.165, 1.54) is 12.1 Å². The number of anilines is 2. The molecule has 2 atom stereocenters. The number of likely N-dealkylation sites (tertiary alicyclic amines) is 1. The summed E-state index contributed by atoms with van der Waals surface area (Å²) in [5, 5.41) is 12.5. The lowest BCUT2D eigenvalue weighted by molar-refractivity contribution is 0.0706. The van der Waals surface area contributed by atoms with Crippen molar-refractivity contribution in [2.24, 2.45) is 17.6 Å². The van der Waals surface area contributed by atoms with Crippen molar-refractivity contribution in [1.29, 1.82) is 0 Å². The van der Waals surface area contributed by atoms with E-state index in [9.17, 15) is 14.4 Å². The number of hydrogen-bond acceptors (Lipinski definition) is 6. The fourth-order valence-electron chi connectivity index (χ4n) is 4.96. The van der Waals surface area contributed by atoms with Crippen LogP contribution < -0.4 is 21.4 Å². The minimum Gasteiger partial charge on any atom is -0.366 e. The van der Waals surface area contributed by atoms with Gasteiger partial charge >= 0.3 is 6.03 Å². The highest BCUT2D eigenvalue weighted by Crippen LogP contribution is 2.33. The zero-order valence-corrected chi connectivity index (χ0v) is 19.0. The monoisotopic (exact) mass is 474 g/mol. The molecule has 3 heterocycles. The van der Waals surface area contributed by atoms with Crippen molar-refractivity contribution in [3.63, 3.8) is 0 Å². The molecule has 2 saturated heterocycles. The molecule has 2 unspecified atom stereocenters. The number of aromatic nitrogens is 1. The number of carbonyl (C=O) groups excluding carboxylic acids is 3. The van der Waals surface area contributed by atoms with Gasteiger partial charge in [-0.3, -0.25) is 14.8 Å². The number of rotatable bonds is 4. The zero-order chi connectivity index (χ0) is 24.5. The third-order valence-corrected chi connectivity index (χ3v) is 6.87. The van der Waals surface area contributed by atoms with Crippen LogP contribution in [0.5, 0.6) is 0 Å². The minimum atomic E-state index is -0.604. The van der Waals surface area contributed by atoms with E-state index in [1.54, 1.807) is 29.7 Å².